The van der Waals surface area contributed by atoms with Gasteiger partial charge in [0.15, 0.2) is 0 Å². The molecule has 0 aromatic heterocycles. The van der Waals surface area contributed by atoms with Crippen LogP contribution < -0.4 is 5.32 Å². The molecule has 0 amide bonds. The van der Waals surface area contributed by atoms with Gasteiger partial charge in [-0.2, -0.15) is 0 Å². The summed E-state index contributed by atoms with van der Waals surface area (Å²) in [5, 5.41) is 13.2. The summed E-state index contributed by atoms with van der Waals surface area (Å²) in [6.45, 7) is 0. The average Bonchev–Trinajstić information content (AvgIpc) is 2.32. The van der Waals surface area contributed by atoms with Crippen LogP contribution in [0.2, 0.25) is 0 Å². The fraction of sp³-hybridized carbons (Fsp3) is 0.429. The van der Waals surface area contributed by atoms with Gasteiger partial charge >= 0.3 is 0 Å². The molecule has 0 saturated heterocycles. The van der Waals surface area contributed by atoms with Crippen molar-refractivity contribution in [3.63, 3.8) is 0 Å². The summed E-state index contributed by atoms with van der Waals surface area (Å²) in [7, 11) is 0. The first-order valence-corrected chi connectivity index (χ1v) is 5.81. The number of aliphatic hydroxyl groups is 1. The first-order chi connectivity index (χ1) is 7.79. The van der Waals surface area contributed by atoms with Gasteiger partial charge in [0.2, 0.25) is 0 Å². The molecular formula is C14H17NO. The number of hydrogen-bond acceptors (Lipinski definition) is 2. The van der Waals surface area contributed by atoms with E-state index < -0.39 is 0 Å². The molecule has 1 aromatic carbocycles. The van der Waals surface area contributed by atoms with Gasteiger partial charge in [0, 0.05) is 11.3 Å². The minimum atomic E-state index is -0.233. The summed E-state index contributed by atoms with van der Waals surface area (Å²) >= 11 is 0. The molecule has 1 fully saturated rings. The van der Waals surface area contributed by atoms with Crippen LogP contribution in [-0.2, 0) is 0 Å². The Bertz CT molecular complexity index is 394. The predicted molar refractivity (Wildman–Crippen MR) is 66.3 cm³/mol. The summed E-state index contributed by atoms with van der Waals surface area (Å²) in [6, 6.07) is 7.94. The van der Waals surface area contributed by atoms with Gasteiger partial charge in [0.1, 0.15) is 0 Å². The maximum atomic E-state index is 9.85. The van der Waals surface area contributed by atoms with Crippen LogP contribution in [0.3, 0.4) is 0 Å². The highest BCUT2D eigenvalue weighted by molar-refractivity contribution is 5.50. The molecule has 0 aliphatic heterocycles. The van der Waals surface area contributed by atoms with E-state index in [-0.39, 0.29) is 12.1 Å². The number of rotatable bonds is 2. The van der Waals surface area contributed by atoms with E-state index in [2.05, 4.69) is 11.2 Å². The molecule has 0 heterocycles. The van der Waals surface area contributed by atoms with E-state index in [0.717, 1.165) is 30.5 Å². The van der Waals surface area contributed by atoms with Crippen LogP contribution in [-0.4, -0.2) is 17.3 Å². The van der Waals surface area contributed by atoms with E-state index in [4.69, 9.17) is 6.42 Å². The Morgan fingerprint density at radius 1 is 1.31 bits per heavy atom. The molecule has 1 saturated carbocycles. The lowest BCUT2D eigenvalue weighted by atomic mass is 9.92. The molecule has 2 heteroatoms. The molecule has 2 nitrogen and oxygen atoms in total. The first-order valence-electron chi connectivity index (χ1n) is 5.81. The minimum absolute atomic E-state index is 0.168. The molecule has 0 spiro atoms. The van der Waals surface area contributed by atoms with Crippen LogP contribution in [0, 0.1) is 12.3 Å². The molecule has 0 radical (unpaired) electrons. The molecule has 0 bridgehead atoms. The smallest absolute Gasteiger partial charge is 0.0741 e. The largest absolute Gasteiger partial charge is 0.391 e. The van der Waals surface area contributed by atoms with Gasteiger partial charge in [0.05, 0.1) is 12.1 Å². The number of nitrogens with one attached hydrogen (secondary N) is 1. The normalized spacial score (nSPS) is 24.8. The zero-order chi connectivity index (χ0) is 11.4. The van der Waals surface area contributed by atoms with Gasteiger partial charge in [-0.3, -0.25) is 0 Å². The SMILES string of the molecule is C#Cc1cccc(NC2CCCCC2O)c1. The van der Waals surface area contributed by atoms with Crippen LogP contribution in [0.15, 0.2) is 24.3 Å². The molecule has 16 heavy (non-hydrogen) atoms. The lowest BCUT2D eigenvalue weighted by molar-refractivity contribution is 0.116. The maximum Gasteiger partial charge on any atom is 0.0741 e. The number of terminal acetylenes is 1. The quantitative estimate of drug-likeness (QED) is 0.742. The van der Waals surface area contributed by atoms with E-state index >= 15 is 0 Å². The number of aliphatic hydroxyl groups excluding tert-OH is 1. The van der Waals surface area contributed by atoms with Gasteiger partial charge in [-0.1, -0.05) is 24.8 Å². The summed E-state index contributed by atoms with van der Waals surface area (Å²) in [4.78, 5) is 0. The third-order valence-corrected chi connectivity index (χ3v) is 3.11. The van der Waals surface area contributed by atoms with Gasteiger partial charge < -0.3 is 10.4 Å². The third kappa shape index (κ3) is 2.56. The van der Waals surface area contributed by atoms with Crippen molar-refractivity contribution < 1.29 is 5.11 Å². The summed E-state index contributed by atoms with van der Waals surface area (Å²) in [6.07, 6.45) is 9.36. The van der Waals surface area contributed by atoms with Gasteiger partial charge in [-0.25, -0.2) is 0 Å². The lowest BCUT2D eigenvalue weighted by Gasteiger charge is -2.29. The molecule has 2 rings (SSSR count). The van der Waals surface area contributed by atoms with Crippen molar-refractivity contribution in [1.82, 2.24) is 0 Å². The van der Waals surface area contributed by atoms with Crippen molar-refractivity contribution in [3.05, 3.63) is 29.8 Å². The van der Waals surface area contributed by atoms with Crippen molar-refractivity contribution >= 4 is 5.69 Å². The van der Waals surface area contributed by atoms with E-state index in [9.17, 15) is 5.11 Å². The van der Waals surface area contributed by atoms with Crippen LogP contribution in [0.25, 0.3) is 0 Å². The first kappa shape index (κ1) is 11.0. The van der Waals surface area contributed by atoms with Crippen LogP contribution >= 0.6 is 0 Å². The highest BCUT2D eigenvalue weighted by atomic mass is 16.3. The predicted octanol–water partition coefficient (Wildman–Crippen LogP) is 2.38. The van der Waals surface area contributed by atoms with Gasteiger partial charge in [-0.15, -0.1) is 6.42 Å². The van der Waals surface area contributed by atoms with Gasteiger partial charge in [-0.05, 0) is 31.0 Å². The Morgan fingerprint density at radius 3 is 2.88 bits per heavy atom. The van der Waals surface area contributed by atoms with Crippen LogP contribution in [0.5, 0.6) is 0 Å². The second kappa shape index (κ2) is 5.05. The minimum Gasteiger partial charge on any atom is -0.391 e. The molecule has 2 N–H and O–H groups in total. The Hall–Kier alpha value is -1.46. The standard InChI is InChI=1S/C14H17NO/c1-2-11-6-5-7-12(10-11)15-13-8-3-4-9-14(13)16/h1,5-7,10,13-16H,3-4,8-9H2. The molecule has 1 aliphatic rings. The van der Waals surface area contributed by atoms with E-state index in [0.29, 0.717) is 0 Å². The molecule has 2 atom stereocenters. The van der Waals surface area contributed by atoms with E-state index in [1.54, 1.807) is 0 Å². The van der Waals surface area contributed by atoms with Crippen molar-refractivity contribution in [2.45, 2.75) is 37.8 Å². The summed E-state index contributed by atoms with van der Waals surface area (Å²) in [5.74, 6) is 2.61. The Kier molecular flexibility index (Phi) is 3.48. The van der Waals surface area contributed by atoms with Crippen molar-refractivity contribution in [2.75, 3.05) is 5.32 Å². The third-order valence-electron chi connectivity index (χ3n) is 3.11. The van der Waals surface area contributed by atoms with E-state index in [1.165, 1.54) is 6.42 Å². The second-order valence-corrected chi connectivity index (χ2v) is 4.33. The Labute approximate surface area is 96.7 Å². The molecule has 84 valence electrons. The van der Waals surface area contributed by atoms with Crippen molar-refractivity contribution in [1.29, 1.82) is 0 Å². The molecular weight excluding hydrogens is 198 g/mol. The highest BCUT2D eigenvalue weighted by Gasteiger charge is 2.22. The second-order valence-electron chi connectivity index (χ2n) is 4.33. The van der Waals surface area contributed by atoms with Crippen LogP contribution in [0.4, 0.5) is 5.69 Å². The summed E-state index contributed by atoms with van der Waals surface area (Å²) < 4.78 is 0. The Balaban J connectivity index is 2.05. The van der Waals surface area contributed by atoms with Gasteiger partial charge in [0.25, 0.3) is 0 Å². The number of benzene rings is 1. The fourth-order valence-electron chi connectivity index (χ4n) is 2.19. The summed E-state index contributed by atoms with van der Waals surface area (Å²) in [5.41, 5.74) is 1.87. The molecule has 2 unspecified atom stereocenters. The Morgan fingerprint density at radius 2 is 2.12 bits per heavy atom. The molecule has 1 aliphatic carbocycles. The maximum absolute atomic E-state index is 9.85. The number of anilines is 1. The average molecular weight is 215 g/mol. The molecule has 1 aromatic rings. The highest BCUT2D eigenvalue weighted by Crippen LogP contribution is 2.22. The topological polar surface area (TPSA) is 32.3 Å². The fourth-order valence-corrected chi connectivity index (χ4v) is 2.19. The van der Waals surface area contributed by atoms with Crippen molar-refractivity contribution in [3.8, 4) is 12.3 Å². The zero-order valence-corrected chi connectivity index (χ0v) is 9.32. The van der Waals surface area contributed by atoms with E-state index in [1.807, 2.05) is 24.3 Å². The van der Waals surface area contributed by atoms with Crippen molar-refractivity contribution in [2.24, 2.45) is 0 Å². The zero-order valence-electron chi connectivity index (χ0n) is 9.32. The number of hydrogen-bond donors (Lipinski definition) is 2. The monoisotopic (exact) mass is 215 g/mol. The lowest BCUT2D eigenvalue weighted by Crippen LogP contribution is -2.36. The van der Waals surface area contributed by atoms with Crippen LogP contribution in [0.1, 0.15) is 31.2 Å².